The number of aryl methyl sites for hydroxylation is 1. The van der Waals surface area contributed by atoms with Gasteiger partial charge in [0.15, 0.2) is 6.04 Å². The van der Waals surface area contributed by atoms with E-state index in [9.17, 15) is 4.79 Å². The second kappa shape index (κ2) is 10.8. The van der Waals surface area contributed by atoms with E-state index in [0.29, 0.717) is 21.3 Å². The zero-order valence-electron chi connectivity index (χ0n) is 16.3. The fourth-order valence-corrected chi connectivity index (χ4v) is 3.45. The Balaban J connectivity index is 0.00000320. The largest absolute Gasteiger partial charge is 0.350 e. The summed E-state index contributed by atoms with van der Waals surface area (Å²) in [5, 5.41) is 15.5. The summed E-state index contributed by atoms with van der Waals surface area (Å²) in [5.74, 6) is -0.352. The molecule has 2 radical (unpaired) electrons. The van der Waals surface area contributed by atoms with E-state index in [1.807, 2.05) is 50.2 Å². The Morgan fingerprint density at radius 2 is 1.90 bits per heavy atom. The van der Waals surface area contributed by atoms with Gasteiger partial charge in [-0.1, -0.05) is 47.5 Å². The van der Waals surface area contributed by atoms with Gasteiger partial charge in [0.1, 0.15) is 0 Å². The molecule has 154 valence electrons. The van der Waals surface area contributed by atoms with Gasteiger partial charge in [0.25, 0.3) is 5.91 Å². The molecule has 0 aliphatic heterocycles. The number of rotatable bonds is 6. The molecular formula is C21H19Cl2N5OPo. The number of aliphatic imine (C=N–C) groups is 1. The van der Waals surface area contributed by atoms with Gasteiger partial charge < -0.3 is 5.32 Å². The maximum atomic E-state index is 12.9. The van der Waals surface area contributed by atoms with Crippen molar-refractivity contribution in [1.29, 1.82) is 5.41 Å². The molecule has 9 heteroatoms. The zero-order chi connectivity index (χ0) is 21.0. The van der Waals surface area contributed by atoms with Crippen molar-refractivity contribution in [1.82, 2.24) is 15.1 Å². The van der Waals surface area contributed by atoms with E-state index < -0.39 is 6.04 Å². The van der Waals surface area contributed by atoms with Crippen LogP contribution in [-0.4, -0.2) is 48.3 Å². The molecule has 0 saturated heterocycles. The van der Waals surface area contributed by atoms with E-state index >= 15 is 0 Å². The minimum absolute atomic E-state index is 0. The minimum Gasteiger partial charge on any atom is -0.350 e. The number of nitrogens with one attached hydrogen (secondary N) is 2. The molecule has 0 saturated carbocycles. The molecule has 30 heavy (non-hydrogen) atoms. The molecule has 0 aliphatic carbocycles. The Labute approximate surface area is 204 Å². The van der Waals surface area contributed by atoms with Gasteiger partial charge in [-0.05, 0) is 43.7 Å². The molecule has 1 unspecified atom stereocenters. The number of carbonyl (C=O) groups is 1. The minimum atomic E-state index is -0.923. The van der Waals surface area contributed by atoms with E-state index in [4.69, 9.17) is 28.6 Å². The van der Waals surface area contributed by atoms with E-state index in [1.54, 1.807) is 22.9 Å². The first-order valence-electron chi connectivity index (χ1n) is 8.87. The molecule has 0 spiro atoms. The van der Waals surface area contributed by atoms with Crippen molar-refractivity contribution >= 4 is 61.7 Å². The second-order valence-electron chi connectivity index (χ2n) is 6.44. The monoisotopic (exact) mass is 636 g/mol. The fraction of sp³-hybridized carbons (Fsp3) is 0.190. The van der Waals surface area contributed by atoms with Crippen molar-refractivity contribution in [2.45, 2.75) is 26.4 Å². The maximum Gasteiger partial charge on any atom is 0.250 e. The van der Waals surface area contributed by atoms with Gasteiger partial charge in [0.05, 0.1) is 27.4 Å². The van der Waals surface area contributed by atoms with Crippen molar-refractivity contribution in [3.63, 3.8) is 0 Å². The third-order valence-corrected chi connectivity index (χ3v) is 5.25. The van der Waals surface area contributed by atoms with E-state index in [-0.39, 0.29) is 39.0 Å². The zero-order valence-corrected chi connectivity index (χ0v) is 21.0. The average molecular weight is 637 g/mol. The summed E-state index contributed by atoms with van der Waals surface area (Å²) in [7, 11) is 0. The molecule has 2 aromatic carbocycles. The maximum absolute atomic E-state index is 12.9. The van der Waals surface area contributed by atoms with Gasteiger partial charge in [-0.3, -0.25) is 4.79 Å². The van der Waals surface area contributed by atoms with Crippen molar-refractivity contribution < 1.29 is 4.79 Å². The van der Waals surface area contributed by atoms with Crippen LogP contribution in [0.1, 0.15) is 28.6 Å². The molecule has 1 aromatic heterocycles. The van der Waals surface area contributed by atoms with Crippen molar-refractivity contribution in [2.75, 3.05) is 0 Å². The Morgan fingerprint density at radius 1 is 1.20 bits per heavy atom. The SMILES string of the molecule is Cc1nn(-c2ccccc2)c(C)c1C(N=C=N)C(=O)NCc1ccc(Cl)c(Cl)c1.[Po]. The van der Waals surface area contributed by atoms with Gasteiger partial charge >= 0.3 is 0 Å². The van der Waals surface area contributed by atoms with E-state index in [0.717, 1.165) is 16.9 Å². The second-order valence-corrected chi connectivity index (χ2v) is 7.26. The first-order valence-corrected chi connectivity index (χ1v) is 9.62. The molecule has 0 bridgehead atoms. The third kappa shape index (κ3) is 5.36. The standard InChI is InChI=1S/C21H19Cl2N5O.Po/c1-13-19(14(2)28(27-13)16-6-4-3-5-7-16)20(26-12-24)21(29)25-11-15-8-9-17(22)18(23)10-15;/h3-10,20,24H,11H2,1-2H3,(H,25,29);. The Bertz CT molecular complexity index is 1090. The molecule has 3 aromatic rings. The van der Waals surface area contributed by atoms with Crippen LogP contribution in [0.2, 0.25) is 10.0 Å². The van der Waals surface area contributed by atoms with Crippen LogP contribution in [0.4, 0.5) is 0 Å². The van der Waals surface area contributed by atoms with Crippen LogP contribution in [0, 0.1) is 19.3 Å². The van der Waals surface area contributed by atoms with Crippen LogP contribution < -0.4 is 5.32 Å². The van der Waals surface area contributed by atoms with Gasteiger partial charge in [-0.2, -0.15) is 5.10 Å². The Morgan fingerprint density at radius 3 is 2.53 bits per heavy atom. The summed E-state index contributed by atoms with van der Waals surface area (Å²) < 4.78 is 1.77. The van der Waals surface area contributed by atoms with Gasteiger partial charge in [-0.15, -0.1) is 0 Å². The smallest absolute Gasteiger partial charge is 0.250 e. The van der Waals surface area contributed by atoms with Crippen molar-refractivity contribution in [3.05, 3.63) is 81.1 Å². The van der Waals surface area contributed by atoms with E-state index in [1.165, 1.54) is 0 Å². The summed E-state index contributed by atoms with van der Waals surface area (Å²) in [4.78, 5) is 16.9. The summed E-state index contributed by atoms with van der Waals surface area (Å²) in [6, 6.07) is 15.9. The van der Waals surface area contributed by atoms with Gasteiger partial charge in [-0.25, -0.2) is 15.1 Å². The van der Waals surface area contributed by atoms with Crippen LogP contribution in [0.15, 0.2) is 53.5 Å². The molecule has 3 rings (SSSR count). The van der Waals surface area contributed by atoms with Gasteiger partial charge in [0, 0.05) is 44.4 Å². The van der Waals surface area contributed by atoms with Crippen LogP contribution in [0.5, 0.6) is 0 Å². The van der Waals surface area contributed by atoms with Crippen LogP contribution in [0.25, 0.3) is 5.69 Å². The molecule has 0 fully saturated rings. The fourth-order valence-electron chi connectivity index (χ4n) is 3.13. The van der Waals surface area contributed by atoms with Crippen LogP contribution in [-0.2, 0) is 11.3 Å². The summed E-state index contributed by atoms with van der Waals surface area (Å²) in [5.41, 5.74) is 3.79. The number of halogens is 2. The topological polar surface area (TPSA) is 83.1 Å². The third-order valence-electron chi connectivity index (χ3n) is 4.51. The number of aromatic nitrogens is 2. The molecule has 1 amide bonds. The number of hydrogen-bond acceptors (Lipinski definition) is 4. The van der Waals surface area contributed by atoms with Crippen molar-refractivity contribution in [3.8, 4) is 5.69 Å². The number of benzene rings is 2. The predicted molar refractivity (Wildman–Crippen MR) is 120 cm³/mol. The molecular weight excluding hydrogens is 618 g/mol. The Kier molecular flexibility index (Phi) is 8.76. The summed E-state index contributed by atoms with van der Waals surface area (Å²) >= 11 is 12.0. The number of amides is 1. The first-order chi connectivity index (χ1) is 13.9. The van der Waals surface area contributed by atoms with Crippen molar-refractivity contribution in [2.24, 2.45) is 4.99 Å². The van der Waals surface area contributed by atoms with Gasteiger partial charge in [0.2, 0.25) is 0 Å². The normalized spacial score (nSPS) is 11.2. The molecule has 1 heterocycles. The predicted octanol–water partition coefficient (Wildman–Crippen LogP) is 4.53. The molecule has 0 aliphatic rings. The Hall–Kier alpha value is -2.02. The quantitative estimate of drug-likeness (QED) is 0.390. The summed E-state index contributed by atoms with van der Waals surface area (Å²) in [6.45, 7) is 3.95. The van der Waals surface area contributed by atoms with Crippen LogP contribution >= 0.6 is 23.2 Å². The number of nitrogens with zero attached hydrogens (tertiary/aromatic N) is 3. The number of carbonyl (C=O) groups excluding carboxylic acids is 1. The number of para-hydroxylation sites is 1. The molecule has 6 nitrogen and oxygen atoms in total. The van der Waals surface area contributed by atoms with Crippen LogP contribution in [0.3, 0.4) is 0 Å². The number of hydrogen-bond donors (Lipinski definition) is 2. The first kappa shape index (κ1) is 24.2. The summed E-state index contributed by atoms with van der Waals surface area (Å²) in [6.07, 6.45) is 0. The van der Waals surface area contributed by atoms with E-state index in [2.05, 4.69) is 15.4 Å². The average Bonchev–Trinajstić information content (AvgIpc) is 3.01. The molecule has 2 N–H and O–H groups in total. The molecule has 1 atom stereocenters.